The lowest BCUT2D eigenvalue weighted by molar-refractivity contribution is -0.0737. The number of ether oxygens (including phenoxy) is 2. The van der Waals surface area contributed by atoms with Crippen LogP contribution in [0.4, 0.5) is 11.8 Å². The van der Waals surface area contributed by atoms with Crippen molar-refractivity contribution in [2.75, 3.05) is 18.1 Å². The molecular formula is C16H27N6O5PS. The second-order valence-corrected chi connectivity index (χ2v) is 11.4. The Labute approximate surface area is 173 Å². The molecule has 1 fully saturated rings. The van der Waals surface area contributed by atoms with Gasteiger partial charge in [-0.05, 0) is 25.7 Å². The van der Waals surface area contributed by atoms with Crippen molar-refractivity contribution >= 4 is 41.2 Å². The van der Waals surface area contributed by atoms with Crippen LogP contribution in [-0.4, -0.2) is 66.2 Å². The predicted octanol–water partition coefficient (Wildman–Crippen LogP) is 0.769. The molecule has 13 heteroatoms. The van der Waals surface area contributed by atoms with Crippen molar-refractivity contribution in [1.29, 1.82) is 0 Å². The summed E-state index contributed by atoms with van der Waals surface area (Å²) in [7, 11) is 0. The number of imidazole rings is 1. The van der Waals surface area contributed by atoms with E-state index in [1.165, 1.54) is 10.9 Å². The summed E-state index contributed by atoms with van der Waals surface area (Å²) in [6, 6.07) is 0. The number of aromatic nitrogens is 4. The molecule has 0 amide bonds. The van der Waals surface area contributed by atoms with Crippen LogP contribution in [-0.2, 0) is 25.8 Å². The first-order chi connectivity index (χ1) is 13.5. The maximum atomic E-state index is 11.0. The van der Waals surface area contributed by atoms with E-state index in [1.54, 1.807) is 13.8 Å². The van der Waals surface area contributed by atoms with Crippen LogP contribution in [0.15, 0.2) is 6.33 Å². The van der Waals surface area contributed by atoms with E-state index in [4.69, 9.17) is 37.3 Å². The Morgan fingerprint density at radius 1 is 1.31 bits per heavy atom. The smallest absolute Gasteiger partial charge is 0.224 e. The van der Waals surface area contributed by atoms with Crippen LogP contribution in [0, 0.1) is 0 Å². The van der Waals surface area contributed by atoms with E-state index in [9.17, 15) is 10.00 Å². The Morgan fingerprint density at radius 2 is 2.00 bits per heavy atom. The average Bonchev–Trinajstić information content (AvgIpc) is 3.15. The summed E-state index contributed by atoms with van der Waals surface area (Å²) in [5.41, 5.74) is 11.9. The highest BCUT2D eigenvalue weighted by molar-refractivity contribution is 8.09. The van der Waals surface area contributed by atoms with Crippen molar-refractivity contribution in [1.82, 2.24) is 19.5 Å². The highest BCUT2D eigenvalue weighted by atomic mass is 32.5. The molecule has 0 saturated carbocycles. The minimum atomic E-state index is -3.16. The van der Waals surface area contributed by atoms with E-state index in [2.05, 4.69) is 15.0 Å². The molecule has 0 spiro atoms. The average molecular weight is 446 g/mol. The molecule has 11 nitrogen and oxygen atoms in total. The first-order valence-electron chi connectivity index (χ1n) is 9.22. The quantitative estimate of drug-likeness (QED) is 0.444. The fourth-order valence-electron chi connectivity index (χ4n) is 2.94. The van der Waals surface area contributed by atoms with Gasteiger partial charge < -0.3 is 35.5 Å². The van der Waals surface area contributed by atoms with Gasteiger partial charge in [-0.25, -0.2) is 4.98 Å². The van der Waals surface area contributed by atoms with Crippen molar-refractivity contribution in [3.63, 3.8) is 0 Å². The maximum absolute atomic E-state index is 11.0. The molecule has 3 heterocycles. The van der Waals surface area contributed by atoms with Crippen molar-refractivity contribution in [2.45, 2.75) is 64.0 Å². The predicted molar refractivity (Wildman–Crippen MR) is 112 cm³/mol. The molecule has 2 aromatic rings. The van der Waals surface area contributed by atoms with Gasteiger partial charge in [-0.2, -0.15) is 9.97 Å². The molecule has 0 aromatic carbocycles. The first kappa shape index (κ1) is 22.3. The number of rotatable bonds is 7. The van der Waals surface area contributed by atoms with Gasteiger partial charge in [-0.3, -0.25) is 4.57 Å². The number of anilines is 2. The molecule has 1 saturated heterocycles. The van der Waals surface area contributed by atoms with Crippen LogP contribution >= 0.6 is 6.49 Å². The zero-order valence-corrected chi connectivity index (χ0v) is 18.4. The highest BCUT2D eigenvalue weighted by Gasteiger charge is 2.48. The number of aliphatic hydroxyl groups excluding tert-OH is 1. The van der Waals surface area contributed by atoms with Gasteiger partial charge in [-0.1, -0.05) is 13.8 Å². The van der Waals surface area contributed by atoms with Gasteiger partial charge >= 0.3 is 0 Å². The van der Waals surface area contributed by atoms with E-state index in [0.29, 0.717) is 11.2 Å². The molecule has 6 N–H and O–H groups in total. The second-order valence-electron chi connectivity index (χ2n) is 7.46. The lowest BCUT2D eigenvalue weighted by Crippen LogP contribution is -2.37. The van der Waals surface area contributed by atoms with Gasteiger partial charge in [0.25, 0.3) is 0 Å². The third-order valence-corrected chi connectivity index (χ3v) is 7.94. The normalized spacial score (nSPS) is 27.2. The summed E-state index contributed by atoms with van der Waals surface area (Å²) in [6.45, 7) is 4.30. The third kappa shape index (κ3) is 4.53. The zero-order valence-electron chi connectivity index (χ0n) is 16.7. The van der Waals surface area contributed by atoms with Crippen LogP contribution in [0.3, 0.4) is 0 Å². The Balaban J connectivity index is 1.95. The number of hydrogen-bond donors (Lipinski definition) is 4. The van der Waals surface area contributed by atoms with Crippen LogP contribution in [0.5, 0.6) is 0 Å². The second kappa shape index (κ2) is 8.38. The molecular weight excluding hydrogens is 419 g/mol. The molecule has 2 aromatic heterocycles. The zero-order chi connectivity index (χ0) is 21.5. The molecule has 0 aliphatic carbocycles. The number of hydrogen-bond acceptors (Lipinski definition) is 10. The monoisotopic (exact) mass is 446 g/mol. The summed E-state index contributed by atoms with van der Waals surface area (Å²) < 4.78 is 19.0. The topological polar surface area (TPSA) is 164 Å². The largest absolute Gasteiger partial charge is 0.386 e. The van der Waals surface area contributed by atoms with Crippen LogP contribution < -0.4 is 11.5 Å². The van der Waals surface area contributed by atoms with E-state index >= 15 is 0 Å². The fraction of sp³-hybridized carbons (Fsp3) is 0.688. The van der Waals surface area contributed by atoms with Crippen molar-refractivity contribution in [2.24, 2.45) is 0 Å². The Bertz CT molecular complexity index is 925. The van der Waals surface area contributed by atoms with Crippen LogP contribution in [0.2, 0.25) is 0 Å². The van der Waals surface area contributed by atoms with Gasteiger partial charge in [0, 0.05) is 5.66 Å². The third-order valence-electron chi connectivity index (χ3n) is 4.57. The SMILES string of the molecule is CC(C)OC[C@H]1O[C@@H](n2cnc3c(N)nc(N)nc32)[C@@H](O)C1OP(O)(=S)C(C)C. The van der Waals surface area contributed by atoms with Gasteiger partial charge in [0.05, 0.1) is 19.0 Å². The van der Waals surface area contributed by atoms with Gasteiger partial charge in [0.1, 0.15) is 23.8 Å². The molecule has 2 unspecified atom stereocenters. The molecule has 1 aliphatic rings. The first-order valence-corrected chi connectivity index (χ1v) is 12.0. The molecule has 0 bridgehead atoms. The Hall–Kier alpha value is -1.40. The van der Waals surface area contributed by atoms with Crippen LogP contribution in [0.1, 0.15) is 33.9 Å². The lowest BCUT2D eigenvalue weighted by Gasteiger charge is -2.28. The summed E-state index contributed by atoms with van der Waals surface area (Å²) in [4.78, 5) is 22.8. The standard InChI is InChI=1S/C16H27N6O5PS/c1-7(2)25-5-9-12(27-28(24,29)8(3)4)11(23)15(26-9)22-6-19-10-13(17)20-16(18)21-14(10)22/h6-9,11-12,15,23H,5H2,1-4H3,(H,24,29)(H4,17,18,20,21)/t9-,11+,12?,15-,28?/m1/s1. The van der Waals surface area contributed by atoms with E-state index in [1.807, 2.05) is 13.8 Å². The number of nitrogens with two attached hydrogens (primary N) is 2. The molecule has 29 heavy (non-hydrogen) atoms. The highest BCUT2D eigenvalue weighted by Crippen LogP contribution is 2.51. The van der Waals surface area contributed by atoms with E-state index in [0.717, 1.165) is 0 Å². The molecule has 0 radical (unpaired) electrons. The number of nitrogen functional groups attached to an aromatic ring is 2. The molecule has 1 aliphatic heterocycles. The van der Waals surface area contributed by atoms with Crippen molar-refractivity contribution in [3.8, 4) is 0 Å². The maximum Gasteiger partial charge on any atom is 0.224 e. The molecule has 162 valence electrons. The minimum Gasteiger partial charge on any atom is -0.386 e. The number of aliphatic hydroxyl groups is 1. The lowest BCUT2D eigenvalue weighted by atomic mass is 10.1. The molecule has 5 atom stereocenters. The van der Waals surface area contributed by atoms with Crippen molar-refractivity contribution < 1.29 is 24.0 Å². The summed E-state index contributed by atoms with van der Waals surface area (Å²) in [5, 5.41) is 11.0. The summed E-state index contributed by atoms with van der Waals surface area (Å²) in [6.07, 6.45) is -2.27. The number of fused-ring (bicyclic) bond motifs is 1. The number of nitrogens with zero attached hydrogens (tertiary/aromatic N) is 4. The van der Waals surface area contributed by atoms with E-state index < -0.39 is 31.0 Å². The van der Waals surface area contributed by atoms with Gasteiger partial charge in [-0.15, -0.1) is 0 Å². The fourth-order valence-corrected chi connectivity index (χ4v) is 4.09. The Kier molecular flexibility index (Phi) is 6.44. The van der Waals surface area contributed by atoms with Crippen molar-refractivity contribution in [3.05, 3.63) is 6.33 Å². The van der Waals surface area contributed by atoms with Gasteiger partial charge in [0.2, 0.25) is 5.95 Å². The minimum absolute atomic E-state index is 0.0256. The molecule has 3 rings (SSSR count). The summed E-state index contributed by atoms with van der Waals surface area (Å²) >= 11 is 5.26. The van der Waals surface area contributed by atoms with E-state index in [-0.39, 0.29) is 30.1 Å². The van der Waals surface area contributed by atoms with Crippen LogP contribution in [0.25, 0.3) is 11.2 Å². The summed E-state index contributed by atoms with van der Waals surface area (Å²) in [5.74, 6) is 0.0966. The Morgan fingerprint density at radius 3 is 2.62 bits per heavy atom. The van der Waals surface area contributed by atoms with Gasteiger partial charge in [0.15, 0.2) is 24.2 Å².